The van der Waals surface area contributed by atoms with Gasteiger partial charge in [0, 0.05) is 26.3 Å². The Kier molecular flexibility index (Phi) is 8.57. The van der Waals surface area contributed by atoms with Crippen LogP contribution in [-0.2, 0) is 30.9 Å². The van der Waals surface area contributed by atoms with Crippen LogP contribution in [0.1, 0.15) is 52.7 Å². The van der Waals surface area contributed by atoms with Crippen molar-refractivity contribution < 1.29 is 20.1 Å². The Morgan fingerprint density at radius 3 is 1.56 bits per heavy atom. The van der Waals surface area contributed by atoms with Gasteiger partial charge in [-0.3, -0.25) is 0 Å². The van der Waals surface area contributed by atoms with Crippen LogP contribution in [0.3, 0.4) is 0 Å². The molecule has 0 unspecified atom stereocenters. The average Bonchev–Trinajstić information content (AvgIpc) is 3.00. The van der Waals surface area contributed by atoms with Crippen molar-refractivity contribution in [1.82, 2.24) is 4.98 Å². The largest absolute Gasteiger partial charge is 0.304 e. The summed E-state index contributed by atoms with van der Waals surface area (Å²) in [7, 11) is 0. The van der Waals surface area contributed by atoms with Gasteiger partial charge >= 0.3 is 0 Å². The fourth-order valence-electron chi connectivity index (χ4n) is 5.57. The molecule has 1 aromatic heterocycles. The summed E-state index contributed by atoms with van der Waals surface area (Å²) in [6, 6.07) is 45.4. The summed E-state index contributed by atoms with van der Waals surface area (Å²) in [5, 5.41) is 2.32. The monoisotopic (exact) mass is 737 g/mol. The van der Waals surface area contributed by atoms with Crippen molar-refractivity contribution in [2.24, 2.45) is 0 Å². The second-order valence-electron chi connectivity index (χ2n) is 13.3. The summed E-state index contributed by atoms with van der Waals surface area (Å²) in [5.74, 6) is 0. The van der Waals surface area contributed by atoms with Crippen LogP contribution in [0.15, 0.2) is 121 Å². The van der Waals surface area contributed by atoms with Crippen LogP contribution >= 0.6 is 0 Å². The molecule has 0 aliphatic heterocycles. The number of hydrogen-bond donors (Lipinski definition) is 0. The van der Waals surface area contributed by atoms with Gasteiger partial charge in [0.15, 0.2) is 0 Å². The van der Waals surface area contributed by atoms with Gasteiger partial charge < -0.3 is 4.98 Å². The van der Waals surface area contributed by atoms with E-state index in [2.05, 4.69) is 157 Å². The van der Waals surface area contributed by atoms with Crippen LogP contribution in [0, 0.1) is 6.07 Å². The molecule has 6 aromatic rings. The van der Waals surface area contributed by atoms with Crippen molar-refractivity contribution >= 4 is 10.8 Å². The molecule has 217 valence electrons. The van der Waals surface area contributed by atoms with E-state index in [-0.39, 0.29) is 30.9 Å². The van der Waals surface area contributed by atoms with Crippen molar-refractivity contribution in [2.75, 3.05) is 0 Å². The van der Waals surface area contributed by atoms with Gasteiger partial charge in [0.2, 0.25) is 0 Å². The number of aromatic nitrogens is 1. The van der Waals surface area contributed by atoms with Crippen molar-refractivity contribution in [3.05, 3.63) is 139 Å². The molecule has 0 aliphatic carbocycles. The molecule has 43 heavy (non-hydrogen) atoms. The first kappa shape index (κ1) is 30.6. The predicted octanol–water partition coefficient (Wildman–Crippen LogP) is 11.3. The first-order valence-corrected chi connectivity index (χ1v) is 14.8. The first-order chi connectivity index (χ1) is 20.1. The van der Waals surface area contributed by atoms with Crippen LogP contribution in [0.2, 0.25) is 0 Å². The first-order valence-electron chi connectivity index (χ1n) is 14.8. The van der Waals surface area contributed by atoms with E-state index >= 15 is 0 Å². The summed E-state index contributed by atoms with van der Waals surface area (Å²) >= 11 is 0. The average molecular weight is 737 g/mol. The molecule has 0 spiro atoms. The minimum atomic E-state index is 0. The normalized spacial score (nSPS) is 11.8. The molecule has 0 saturated carbocycles. The molecular weight excluding hydrogens is 699 g/mol. The van der Waals surface area contributed by atoms with Gasteiger partial charge in [-0.1, -0.05) is 114 Å². The number of hydrogen-bond acceptors (Lipinski definition) is 1. The molecule has 0 amide bonds. The zero-order valence-corrected chi connectivity index (χ0v) is 28.2. The Bertz CT molecular complexity index is 1790. The predicted molar refractivity (Wildman–Crippen MR) is 180 cm³/mol. The Balaban J connectivity index is 0.00000368. The minimum absolute atomic E-state index is 0. The van der Waals surface area contributed by atoms with Crippen LogP contribution in [0.25, 0.3) is 55.4 Å². The molecule has 1 radical (unpaired) electrons. The zero-order valence-electron chi connectivity index (χ0n) is 25.8. The van der Waals surface area contributed by atoms with E-state index in [0.29, 0.717) is 0 Å². The smallest absolute Gasteiger partial charge is 0.0167 e. The van der Waals surface area contributed by atoms with Crippen molar-refractivity contribution in [3.8, 4) is 44.6 Å². The maximum absolute atomic E-state index is 4.77. The summed E-state index contributed by atoms with van der Waals surface area (Å²) in [6.07, 6.45) is 1.89. The third kappa shape index (κ3) is 6.57. The molecule has 0 bridgehead atoms. The zero-order chi connectivity index (χ0) is 29.5. The van der Waals surface area contributed by atoms with E-state index in [1.165, 1.54) is 44.3 Å². The number of nitrogens with zero attached hydrogens (tertiary/aromatic N) is 1. The van der Waals surface area contributed by atoms with Gasteiger partial charge in [0.05, 0.1) is 0 Å². The molecule has 5 aromatic carbocycles. The van der Waals surface area contributed by atoms with Crippen molar-refractivity contribution in [3.63, 3.8) is 0 Å². The molecular formula is C41H38IrN-. The van der Waals surface area contributed by atoms with Crippen LogP contribution in [0.4, 0.5) is 0 Å². The van der Waals surface area contributed by atoms with E-state index in [9.17, 15) is 0 Å². The van der Waals surface area contributed by atoms with Gasteiger partial charge in [-0.05, 0) is 90.5 Å². The number of benzene rings is 5. The molecule has 1 heterocycles. The van der Waals surface area contributed by atoms with Crippen molar-refractivity contribution in [1.29, 1.82) is 0 Å². The second kappa shape index (κ2) is 12.0. The Morgan fingerprint density at radius 1 is 0.512 bits per heavy atom. The molecule has 2 heteroatoms. The van der Waals surface area contributed by atoms with Gasteiger partial charge in [-0.25, -0.2) is 0 Å². The fourth-order valence-corrected chi connectivity index (χ4v) is 5.57. The van der Waals surface area contributed by atoms with E-state index in [0.717, 1.165) is 22.2 Å². The third-order valence-corrected chi connectivity index (χ3v) is 8.17. The SMILES string of the molecule is CC(C)(C)c1ccc(-c2cc(-c3ccc(C(C)(C)C)cc3)cc(-c3cc[c-]c(-c4nccc5ccccc45)c3)c2)cc1.[Ir]. The Morgan fingerprint density at radius 2 is 1.02 bits per heavy atom. The van der Waals surface area contributed by atoms with Crippen LogP contribution < -0.4 is 0 Å². The van der Waals surface area contributed by atoms with E-state index in [1.807, 2.05) is 12.3 Å². The van der Waals surface area contributed by atoms with Gasteiger partial charge in [0.25, 0.3) is 0 Å². The maximum Gasteiger partial charge on any atom is 0.0167 e. The molecule has 0 fully saturated rings. The number of rotatable bonds is 4. The summed E-state index contributed by atoms with van der Waals surface area (Å²) < 4.78 is 0. The molecule has 0 N–H and O–H groups in total. The van der Waals surface area contributed by atoms with E-state index < -0.39 is 0 Å². The van der Waals surface area contributed by atoms with Gasteiger partial charge in [-0.15, -0.1) is 35.4 Å². The molecule has 6 rings (SSSR count). The van der Waals surface area contributed by atoms with Crippen molar-refractivity contribution in [2.45, 2.75) is 52.4 Å². The number of pyridine rings is 1. The second-order valence-corrected chi connectivity index (χ2v) is 13.3. The van der Waals surface area contributed by atoms with E-state index in [4.69, 9.17) is 4.98 Å². The Labute approximate surface area is 270 Å². The van der Waals surface area contributed by atoms with Crippen LogP contribution in [0.5, 0.6) is 0 Å². The molecule has 0 saturated heterocycles. The third-order valence-electron chi connectivity index (χ3n) is 8.17. The molecule has 0 atom stereocenters. The quantitative estimate of drug-likeness (QED) is 0.164. The molecule has 0 aliphatic rings. The van der Waals surface area contributed by atoms with Gasteiger partial charge in [0.1, 0.15) is 0 Å². The summed E-state index contributed by atoms with van der Waals surface area (Å²) in [4.78, 5) is 4.77. The minimum Gasteiger partial charge on any atom is -0.304 e. The summed E-state index contributed by atoms with van der Waals surface area (Å²) in [5.41, 5.74) is 12.1. The molecule has 1 nitrogen and oxygen atoms in total. The fraction of sp³-hybridized carbons (Fsp3) is 0.195. The maximum atomic E-state index is 4.77. The summed E-state index contributed by atoms with van der Waals surface area (Å²) in [6.45, 7) is 13.6. The number of fused-ring (bicyclic) bond motifs is 1. The Hall–Kier alpha value is -3.84. The van der Waals surface area contributed by atoms with E-state index in [1.54, 1.807) is 0 Å². The van der Waals surface area contributed by atoms with Crippen LogP contribution in [-0.4, -0.2) is 4.98 Å². The standard InChI is InChI=1S/C41H38N.Ir/c1-40(2,3)36-18-14-28(15-19-36)33-25-34(29-16-20-37(21-17-29)41(4,5)6)27-35(26-33)31-11-9-12-32(24-31)39-38-13-8-7-10-30(38)22-23-42-39;/h7-11,13-27H,1-6H3;/q-1;. The topological polar surface area (TPSA) is 12.9 Å². The van der Waals surface area contributed by atoms with Gasteiger partial charge in [-0.2, -0.15) is 0 Å².